The molecule has 1 rings (SSSR count). The quantitative estimate of drug-likeness (QED) is 0.782. The van der Waals surface area contributed by atoms with Crippen molar-refractivity contribution < 1.29 is 9.47 Å². The second kappa shape index (κ2) is 6.03. The maximum Gasteiger partial charge on any atom is 0.220 e. The van der Waals surface area contributed by atoms with Crippen LogP contribution in [0.15, 0.2) is 6.07 Å². The van der Waals surface area contributed by atoms with Crippen LogP contribution >= 0.6 is 15.9 Å². The molecule has 90 valence electrons. The van der Waals surface area contributed by atoms with Crippen molar-refractivity contribution in [3.63, 3.8) is 0 Å². The van der Waals surface area contributed by atoms with Crippen molar-refractivity contribution in [1.82, 2.24) is 9.97 Å². The number of methoxy groups -OCH3 is 2. The van der Waals surface area contributed by atoms with Crippen LogP contribution in [0.5, 0.6) is 11.8 Å². The number of rotatable bonds is 5. The van der Waals surface area contributed by atoms with Crippen molar-refractivity contribution in [3.05, 3.63) is 11.9 Å². The van der Waals surface area contributed by atoms with Crippen LogP contribution in [0.4, 0.5) is 0 Å². The van der Waals surface area contributed by atoms with Gasteiger partial charge in [0.2, 0.25) is 11.8 Å². The molecule has 0 saturated carbocycles. The van der Waals surface area contributed by atoms with Gasteiger partial charge in [0.15, 0.2) is 0 Å². The van der Waals surface area contributed by atoms with E-state index in [2.05, 4.69) is 39.7 Å². The average molecular weight is 289 g/mol. The molecule has 0 amide bonds. The predicted molar refractivity (Wildman–Crippen MR) is 66.6 cm³/mol. The Hall–Kier alpha value is -0.840. The summed E-state index contributed by atoms with van der Waals surface area (Å²) in [7, 11) is 3.17. The van der Waals surface area contributed by atoms with E-state index in [-0.39, 0.29) is 5.92 Å². The zero-order valence-electron chi connectivity index (χ0n) is 10.0. The molecule has 0 aromatic carbocycles. The molecule has 16 heavy (non-hydrogen) atoms. The monoisotopic (exact) mass is 288 g/mol. The third-order valence-corrected chi connectivity index (χ3v) is 3.08. The largest absolute Gasteiger partial charge is 0.481 e. The van der Waals surface area contributed by atoms with Gasteiger partial charge < -0.3 is 9.47 Å². The zero-order valence-corrected chi connectivity index (χ0v) is 11.6. The number of hydrogen-bond acceptors (Lipinski definition) is 4. The summed E-state index contributed by atoms with van der Waals surface area (Å²) >= 11 is 3.57. The van der Waals surface area contributed by atoms with E-state index in [1.807, 2.05) is 0 Å². The Labute approximate surface area is 105 Å². The summed E-state index contributed by atoms with van der Waals surface area (Å²) in [4.78, 5) is 9.01. The van der Waals surface area contributed by atoms with E-state index in [0.29, 0.717) is 16.6 Å². The molecule has 0 aliphatic rings. The topological polar surface area (TPSA) is 44.2 Å². The van der Waals surface area contributed by atoms with Gasteiger partial charge in [-0.3, -0.25) is 0 Å². The van der Waals surface area contributed by atoms with Crippen molar-refractivity contribution in [2.24, 2.45) is 0 Å². The number of halogens is 1. The number of hydrogen-bond donors (Lipinski definition) is 0. The molecule has 2 unspecified atom stereocenters. The maximum absolute atomic E-state index is 5.13. The summed E-state index contributed by atoms with van der Waals surface area (Å²) < 4.78 is 10.3. The molecule has 2 atom stereocenters. The first kappa shape index (κ1) is 13.2. The number of ether oxygens (including phenoxy) is 2. The highest BCUT2D eigenvalue weighted by molar-refractivity contribution is 9.09. The van der Waals surface area contributed by atoms with Crippen molar-refractivity contribution in [1.29, 1.82) is 0 Å². The van der Waals surface area contributed by atoms with E-state index in [9.17, 15) is 0 Å². The van der Waals surface area contributed by atoms with Gasteiger partial charge in [-0.1, -0.05) is 29.8 Å². The van der Waals surface area contributed by atoms with Gasteiger partial charge in [-0.15, -0.1) is 0 Å². The fourth-order valence-electron chi connectivity index (χ4n) is 1.51. The number of aromatic nitrogens is 2. The Morgan fingerprint density at radius 2 is 1.75 bits per heavy atom. The van der Waals surface area contributed by atoms with Gasteiger partial charge in [-0.05, 0) is 6.42 Å². The van der Waals surface area contributed by atoms with Crippen molar-refractivity contribution in [2.75, 3.05) is 14.2 Å². The van der Waals surface area contributed by atoms with E-state index in [1.165, 1.54) is 0 Å². The second-order valence-corrected chi connectivity index (χ2v) is 4.95. The molecule has 0 fully saturated rings. The van der Waals surface area contributed by atoms with Crippen LogP contribution in [0.1, 0.15) is 32.0 Å². The highest BCUT2D eigenvalue weighted by Crippen LogP contribution is 2.28. The maximum atomic E-state index is 5.13. The number of nitrogens with zero attached hydrogens (tertiary/aromatic N) is 2. The minimum Gasteiger partial charge on any atom is -0.481 e. The minimum absolute atomic E-state index is 0.254. The Bertz CT molecular complexity index is 323. The third-order valence-electron chi connectivity index (χ3n) is 2.44. The van der Waals surface area contributed by atoms with Crippen LogP contribution < -0.4 is 9.47 Å². The Balaban J connectivity index is 3.10. The molecule has 0 radical (unpaired) electrons. The molecule has 0 saturated heterocycles. The van der Waals surface area contributed by atoms with Gasteiger partial charge in [0.25, 0.3) is 0 Å². The van der Waals surface area contributed by atoms with Gasteiger partial charge >= 0.3 is 0 Å². The molecule has 1 heterocycles. The SMILES string of the molecule is CCC(c1nc(OC)cc(OC)n1)C(C)Br. The van der Waals surface area contributed by atoms with Crippen molar-refractivity contribution >= 4 is 15.9 Å². The lowest BCUT2D eigenvalue weighted by Crippen LogP contribution is -2.13. The lowest BCUT2D eigenvalue weighted by Gasteiger charge is -2.17. The Morgan fingerprint density at radius 1 is 1.25 bits per heavy atom. The Kier molecular flexibility index (Phi) is 4.99. The summed E-state index contributed by atoms with van der Waals surface area (Å²) in [6, 6.07) is 1.68. The van der Waals surface area contributed by atoms with Crippen LogP contribution in [-0.2, 0) is 0 Å². The highest BCUT2D eigenvalue weighted by Gasteiger charge is 2.19. The molecule has 0 spiro atoms. The van der Waals surface area contributed by atoms with E-state index < -0.39 is 0 Å². The third kappa shape index (κ3) is 3.07. The summed E-state index contributed by atoms with van der Waals surface area (Å²) in [5.74, 6) is 2.08. The minimum atomic E-state index is 0.254. The van der Waals surface area contributed by atoms with Crippen LogP contribution in [0.2, 0.25) is 0 Å². The van der Waals surface area contributed by atoms with E-state index in [0.717, 1.165) is 12.2 Å². The van der Waals surface area contributed by atoms with Crippen LogP contribution in [0, 0.1) is 0 Å². The van der Waals surface area contributed by atoms with Gasteiger partial charge in [-0.2, -0.15) is 9.97 Å². The fraction of sp³-hybridized carbons (Fsp3) is 0.636. The first-order valence-corrected chi connectivity index (χ1v) is 6.15. The fourth-order valence-corrected chi connectivity index (χ4v) is 2.12. The normalized spacial score (nSPS) is 14.3. The molecular formula is C11H17BrN2O2. The molecule has 0 aliphatic heterocycles. The number of alkyl halides is 1. The first-order chi connectivity index (χ1) is 7.62. The molecule has 0 bridgehead atoms. The van der Waals surface area contributed by atoms with Gasteiger partial charge in [-0.25, -0.2) is 0 Å². The summed E-state index contributed by atoms with van der Waals surface area (Å²) in [5, 5.41) is 0. The molecular weight excluding hydrogens is 272 g/mol. The first-order valence-electron chi connectivity index (χ1n) is 5.23. The zero-order chi connectivity index (χ0) is 12.1. The van der Waals surface area contributed by atoms with Gasteiger partial charge in [0.05, 0.1) is 20.3 Å². The smallest absolute Gasteiger partial charge is 0.220 e. The average Bonchev–Trinajstić information content (AvgIpc) is 2.29. The van der Waals surface area contributed by atoms with Crippen LogP contribution in [0.25, 0.3) is 0 Å². The molecule has 1 aromatic heterocycles. The summed E-state index contributed by atoms with van der Waals surface area (Å²) in [6.45, 7) is 4.20. The lowest BCUT2D eigenvalue weighted by molar-refractivity contribution is 0.365. The second-order valence-electron chi connectivity index (χ2n) is 3.50. The highest BCUT2D eigenvalue weighted by atomic mass is 79.9. The van der Waals surface area contributed by atoms with Crippen molar-refractivity contribution in [3.8, 4) is 11.8 Å². The molecule has 5 heteroatoms. The van der Waals surface area contributed by atoms with E-state index in [1.54, 1.807) is 20.3 Å². The Morgan fingerprint density at radius 3 is 2.06 bits per heavy atom. The molecule has 1 aromatic rings. The summed E-state index contributed by atoms with van der Waals surface area (Å²) in [6.07, 6.45) is 0.961. The predicted octanol–water partition coefficient (Wildman–Crippen LogP) is 2.77. The molecule has 0 N–H and O–H groups in total. The van der Waals surface area contributed by atoms with E-state index in [4.69, 9.17) is 9.47 Å². The van der Waals surface area contributed by atoms with Gasteiger partial charge in [0.1, 0.15) is 5.82 Å². The standard InChI is InChI=1S/C11H17BrN2O2/c1-5-8(7(2)12)11-13-9(15-3)6-10(14-11)16-4/h6-8H,5H2,1-4H3. The molecule has 4 nitrogen and oxygen atoms in total. The summed E-state index contributed by atoms with van der Waals surface area (Å²) in [5.41, 5.74) is 0. The lowest BCUT2D eigenvalue weighted by atomic mass is 10.0. The van der Waals surface area contributed by atoms with E-state index >= 15 is 0 Å². The van der Waals surface area contributed by atoms with Crippen LogP contribution in [-0.4, -0.2) is 29.0 Å². The van der Waals surface area contributed by atoms with Crippen LogP contribution in [0.3, 0.4) is 0 Å². The van der Waals surface area contributed by atoms with Gasteiger partial charge in [0, 0.05) is 10.7 Å². The van der Waals surface area contributed by atoms with Crippen molar-refractivity contribution in [2.45, 2.75) is 31.0 Å². The molecule has 0 aliphatic carbocycles.